The third kappa shape index (κ3) is 4.40. The van der Waals surface area contributed by atoms with E-state index in [1.165, 1.54) is 25.2 Å². The first-order chi connectivity index (χ1) is 7.63. The van der Waals surface area contributed by atoms with E-state index in [-0.39, 0.29) is 0 Å². The highest BCUT2D eigenvalue weighted by atomic mass is 15.2. The fourth-order valence-corrected chi connectivity index (χ4v) is 1.91. The van der Waals surface area contributed by atoms with Gasteiger partial charge in [0.25, 0.3) is 0 Å². The van der Waals surface area contributed by atoms with Crippen LogP contribution in [0, 0.1) is 5.92 Å². The second-order valence-electron chi connectivity index (χ2n) is 5.04. The van der Waals surface area contributed by atoms with Gasteiger partial charge < -0.3 is 9.80 Å². The van der Waals surface area contributed by atoms with Gasteiger partial charge in [0.1, 0.15) is 0 Å². The Balaban J connectivity index is 2.45. The Morgan fingerprint density at radius 2 is 1.81 bits per heavy atom. The Morgan fingerprint density at radius 1 is 1.19 bits per heavy atom. The second-order valence-corrected chi connectivity index (χ2v) is 5.04. The Kier molecular flexibility index (Phi) is 5.61. The molecule has 92 valence electrons. The first kappa shape index (κ1) is 13.3. The minimum Gasteiger partial charge on any atom is -0.369 e. The maximum atomic E-state index is 2.48. The van der Waals surface area contributed by atoms with E-state index < -0.39 is 0 Å². The molecule has 1 saturated heterocycles. The number of allylic oxidation sites excluding steroid dienone is 3. The van der Waals surface area contributed by atoms with Gasteiger partial charge in [-0.2, -0.15) is 0 Å². The van der Waals surface area contributed by atoms with Gasteiger partial charge in [-0.25, -0.2) is 0 Å². The van der Waals surface area contributed by atoms with Crippen molar-refractivity contribution in [1.82, 2.24) is 9.80 Å². The van der Waals surface area contributed by atoms with Crippen molar-refractivity contribution < 1.29 is 0 Å². The summed E-state index contributed by atoms with van der Waals surface area (Å²) in [5, 5.41) is 0. The molecular weight excluding hydrogens is 196 g/mol. The number of rotatable bonds is 4. The summed E-state index contributed by atoms with van der Waals surface area (Å²) >= 11 is 0. The zero-order valence-electron chi connectivity index (χ0n) is 11.2. The minimum atomic E-state index is 0.752. The largest absolute Gasteiger partial charge is 0.369 e. The van der Waals surface area contributed by atoms with E-state index in [1.807, 2.05) is 0 Å². The molecule has 1 fully saturated rings. The van der Waals surface area contributed by atoms with Gasteiger partial charge in [-0.05, 0) is 32.4 Å². The maximum absolute atomic E-state index is 2.48. The molecule has 0 aliphatic carbocycles. The average molecular weight is 222 g/mol. The summed E-state index contributed by atoms with van der Waals surface area (Å²) in [6.45, 7) is 11.3. The zero-order chi connectivity index (χ0) is 12.0. The summed E-state index contributed by atoms with van der Waals surface area (Å²) in [7, 11) is 2.20. The minimum absolute atomic E-state index is 0.752. The molecule has 0 saturated carbocycles. The lowest BCUT2D eigenvalue weighted by molar-refractivity contribution is 0.190. The molecule has 2 nitrogen and oxygen atoms in total. The van der Waals surface area contributed by atoms with Crippen molar-refractivity contribution >= 4 is 0 Å². The summed E-state index contributed by atoms with van der Waals surface area (Å²) in [6, 6.07) is 0. The van der Waals surface area contributed by atoms with E-state index in [0.717, 1.165) is 19.0 Å². The van der Waals surface area contributed by atoms with Crippen LogP contribution < -0.4 is 0 Å². The molecule has 1 heterocycles. The standard InChI is InChI=1S/C14H26N2/c1-5-14(8-6-7-13(2)3)16-11-9-15(4)10-12-16/h5-6,8,13H,7,9-12H2,1-4H3/b8-6-,14-5+. The smallest absolute Gasteiger partial charge is 0.0320 e. The van der Waals surface area contributed by atoms with Crippen molar-refractivity contribution in [2.75, 3.05) is 33.2 Å². The van der Waals surface area contributed by atoms with E-state index in [0.29, 0.717) is 0 Å². The summed E-state index contributed by atoms with van der Waals surface area (Å²) in [5.74, 6) is 0.752. The van der Waals surface area contributed by atoms with Crippen molar-refractivity contribution in [2.45, 2.75) is 27.2 Å². The fourth-order valence-electron chi connectivity index (χ4n) is 1.91. The fraction of sp³-hybridized carbons (Fsp3) is 0.714. The number of hydrogen-bond donors (Lipinski definition) is 0. The number of piperazine rings is 1. The van der Waals surface area contributed by atoms with E-state index in [2.05, 4.69) is 55.8 Å². The molecule has 0 radical (unpaired) electrons. The van der Waals surface area contributed by atoms with Crippen molar-refractivity contribution in [2.24, 2.45) is 5.92 Å². The summed E-state index contributed by atoms with van der Waals surface area (Å²) in [6.07, 6.45) is 7.98. The lowest BCUT2D eigenvalue weighted by Gasteiger charge is -2.34. The molecule has 1 rings (SSSR count). The molecule has 0 aromatic rings. The van der Waals surface area contributed by atoms with Crippen molar-refractivity contribution in [3.8, 4) is 0 Å². The number of nitrogens with zero attached hydrogens (tertiary/aromatic N) is 2. The number of likely N-dealkylation sites (N-methyl/N-ethyl adjacent to an activating group) is 1. The first-order valence-corrected chi connectivity index (χ1v) is 6.39. The molecule has 2 heteroatoms. The third-order valence-electron chi connectivity index (χ3n) is 3.06. The van der Waals surface area contributed by atoms with Crippen molar-refractivity contribution in [1.29, 1.82) is 0 Å². The van der Waals surface area contributed by atoms with Gasteiger partial charge in [-0.3, -0.25) is 0 Å². The van der Waals surface area contributed by atoms with E-state index >= 15 is 0 Å². The predicted molar refractivity (Wildman–Crippen MR) is 71.4 cm³/mol. The lowest BCUT2D eigenvalue weighted by atomic mass is 10.1. The summed E-state index contributed by atoms with van der Waals surface area (Å²) in [4.78, 5) is 4.87. The predicted octanol–water partition coefficient (Wildman–Crippen LogP) is 2.74. The molecule has 1 aliphatic heterocycles. The highest BCUT2D eigenvalue weighted by Gasteiger charge is 2.13. The van der Waals surface area contributed by atoms with Crippen molar-refractivity contribution in [3.05, 3.63) is 23.9 Å². The van der Waals surface area contributed by atoms with Gasteiger partial charge in [0.15, 0.2) is 0 Å². The van der Waals surface area contributed by atoms with Crippen LogP contribution in [0.5, 0.6) is 0 Å². The summed E-state index contributed by atoms with van der Waals surface area (Å²) < 4.78 is 0. The van der Waals surface area contributed by atoms with Crippen LogP contribution in [-0.4, -0.2) is 43.0 Å². The summed E-state index contributed by atoms with van der Waals surface area (Å²) in [5.41, 5.74) is 1.38. The Morgan fingerprint density at radius 3 is 2.31 bits per heavy atom. The molecule has 1 aliphatic rings. The Labute approximate surface area is 101 Å². The van der Waals surface area contributed by atoms with E-state index in [9.17, 15) is 0 Å². The lowest BCUT2D eigenvalue weighted by Crippen LogP contribution is -2.43. The van der Waals surface area contributed by atoms with Gasteiger partial charge >= 0.3 is 0 Å². The molecule has 0 aromatic carbocycles. The van der Waals surface area contributed by atoms with Crippen LogP contribution in [0.4, 0.5) is 0 Å². The van der Waals surface area contributed by atoms with E-state index in [1.54, 1.807) is 0 Å². The number of hydrogen-bond acceptors (Lipinski definition) is 2. The Bertz CT molecular complexity index is 245. The molecule has 0 unspecified atom stereocenters. The van der Waals surface area contributed by atoms with Crippen molar-refractivity contribution in [3.63, 3.8) is 0 Å². The average Bonchev–Trinajstić information content (AvgIpc) is 2.26. The van der Waals surface area contributed by atoms with Gasteiger partial charge in [0.05, 0.1) is 0 Å². The van der Waals surface area contributed by atoms with Crippen LogP contribution in [0.1, 0.15) is 27.2 Å². The molecular formula is C14H26N2. The maximum Gasteiger partial charge on any atom is 0.0320 e. The molecule has 16 heavy (non-hydrogen) atoms. The molecule has 0 bridgehead atoms. The highest BCUT2D eigenvalue weighted by Crippen LogP contribution is 2.11. The molecule has 0 N–H and O–H groups in total. The molecule has 0 aromatic heterocycles. The third-order valence-corrected chi connectivity index (χ3v) is 3.06. The normalized spacial score (nSPS) is 20.1. The van der Waals surface area contributed by atoms with Crippen LogP contribution in [0.2, 0.25) is 0 Å². The first-order valence-electron chi connectivity index (χ1n) is 6.39. The van der Waals surface area contributed by atoms with Crippen LogP contribution in [0.25, 0.3) is 0 Å². The molecule has 0 atom stereocenters. The van der Waals surface area contributed by atoms with Crippen LogP contribution in [-0.2, 0) is 0 Å². The zero-order valence-corrected chi connectivity index (χ0v) is 11.2. The Hall–Kier alpha value is -0.760. The van der Waals surface area contributed by atoms with Crippen LogP contribution in [0.3, 0.4) is 0 Å². The molecule has 0 spiro atoms. The second kappa shape index (κ2) is 6.74. The SMILES string of the molecule is C/C=C(\C=C/CC(C)C)N1CCN(C)CC1. The van der Waals surface area contributed by atoms with Gasteiger partial charge in [0.2, 0.25) is 0 Å². The van der Waals surface area contributed by atoms with Crippen LogP contribution >= 0.6 is 0 Å². The highest BCUT2D eigenvalue weighted by molar-refractivity contribution is 5.17. The van der Waals surface area contributed by atoms with Gasteiger partial charge in [-0.15, -0.1) is 0 Å². The van der Waals surface area contributed by atoms with Crippen LogP contribution in [0.15, 0.2) is 23.9 Å². The molecule has 0 amide bonds. The topological polar surface area (TPSA) is 6.48 Å². The monoisotopic (exact) mass is 222 g/mol. The quantitative estimate of drug-likeness (QED) is 0.675. The van der Waals surface area contributed by atoms with E-state index in [4.69, 9.17) is 0 Å². The van der Waals surface area contributed by atoms with Gasteiger partial charge in [0, 0.05) is 31.9 Å². The van der Waals surface area contributed by atoms with Gasteiger partial charge in [-0.1, -0.05) is 26.0 Å².